The second-order valence-electron chi connectivity index (χ2n) is 5.18. The number of aryl methyl sites for hydroxylation is 3. The smallest absolute Gasteiger partial charge is 0.348 e. The largest absolute Gasteiger partial charge is 0.465 e. The summed E-state index contributed by atoms with van der Waals surface area (Å²) in [6, 6.07) is 0. The van der Waals surface area contributed by atoms with Crippen LogP contribution in [-0.4, -0.2) is 37.8 Å². The zero-order valence-electron chi connectivity index (χ0n) is 14.1. The van der Waals surface area contributed by atoms with E-state index in [4.69, 9.17) is 4.74 Å². The Morgan fingerprint density at radius 1 is 1.25 bits per heavy atom. The lowest BCUT2D eigenvalue weighted by atomic mass is 10.2. The van der Waals surface area contributed by atoms with Crippen LogP contribution >= 0.6 is 23.1 Å². The molecule has 0 saturated heterocycles. The van der Waals surface area contributed by atoms with Crippen molar-refractivity contribution in [1.82, 2.24) is 24.7 Å². The molecule has 3 aromatic rings. The van der Waals surface area contributed by atoms with E-state index in [9.17, 15) is 4.79 Å². The molecule has 3 aromatic heterocycles. The molecule has 7 nitrogen and oxygen atoms in total. The maximum atomic E-state index is 12.0. The number of carbonyl (C=O) groups excluding carboxylic acids is 1. The highest BCUT2D eigenvalue weighted by atomic mass is 32.2. The zero-order chi connectivity index (χ0) is 17.4. The highest BCUT2D eigenvalue weighted by Crippen LogP contribution is 2.38. The van der Waals surface area contributed by atoms with Gasteiger partial charge >= 0.3 is 5.97 Å². The Hall–Kier alpha value is -2.00. The van der Waals surface area contributed by atoms with Crippen LogP contribution in [0.25, 0.3) is 10.2 Å². The molecule has 0 fully saturated rings. The molecule has 0 bridgehead atoms. The average Bonchev–Trinajstić information content (AvgIpc) is 3.06. The third kappa shape index (κ3) is 2.78. The Labute approximate surface area is 147 Å². The van der Waals surface area contributed by atoms with Gasteiger partial charge in [0.05, 0.1) is 7.11 Å². The molecule has 0 unspecified atom stereocenters. The summed E-state index contributed by atoms with van der Waals surface area (Å²) >= 11 is 2.77. The van der Waals surface area contributed by atoms with Crippen molar-refractivity contribution in [2.24, 2.45) is 0 Å². The minimum absolute atomic E-state index is 0.350. The van der Waals surface area contributed by atoms with Gasteiger partial charge in [-0.2, -0.15) is 0 Å². The summed E-state index contributed by atoms with van der Waals surface area (Å²) < 4.78 is 6.89. The van der Waals surface area contributed by atoms with Gasteiger partial charge in [0.2, 0.25) is 0 Å². The van der Waals surface area contributed by atoms with Crippen LogP contribution in [0.3, 0.4) is 0 Å². The first-order valence-electron chi connectivity index (χ1n) is 7.40. The minimum atomic E-state index is -0.350. The van der Waals surface area contributed by atoms with Crippen molar-refractivity contribution in [3.63, 3.8) is 0 Å². The molecule has 0 aliphatic carbocycles. The molecule has 3 rings (SSSR count). The highest BCUT2D eigenvalue weighted by Gasteiger charge is 2.22. The first kappa shape index (κ1) is 16.8. The van der Waals surface area contributed by atoms with Gasteiger partial charge in [-0.05, 0) is 45.0 Å². The highest BCUT2D eigenvalue weighted by molar-refractivity contribution is 7.99. The summed E-state index contributed by atoms with van der Waals surface area (Å²) in [5, 5.41) is 10.8. The normalized spacial score (nSPS) is 11.2. The van der Waals surface area contributed by atoms with E-state index in [1.54, 1.807) is 0 Å². The molecule has 24 heavy (non-hydrogen) atoms. The Morgan fingerprint density at radius 3 is 2.67 bits per heavy atom. The van der Waals surface area contributed by atoms with Crippen molar-refractivity contribution in [2.45, 2.75) is 44.4 Å². The van der Waals surface area contributed by atoms with Crippen LogP contribution in [0.2, 0.25) is 0 Å². The second-order valence-corrected chi connectivity index (χ2v) is 7.14. The third-order valence-electron chi connectivity index (χ3n) is 3.65. The van der Waals surface area contributed by atoms with Gasteiger partial charge in [-0.25, -0.2) is 14.8 Å². The van der Waals surface area contributed by atoms with E-state index >= 15 is 0 Å². The van der Waals surface area contributed by atoms with Crippen LogP contribution in [0.4, 0.5) is 0 Å². The second kappa shape index (κ2) is 6.48. The first-order valence-corrected chi connectivity index (χ1v) is 9.03. The van der Waals surface area contributed by atoms with Crippen molar-refractivity contribution in [2.75, 3.05) is 7.11 Å². The predicted molar refractivity (Wildman–Crippen MR) is 92.8 cm³/mol. The Kier molecular flexibility index (Phi) is 4.55. The monoisotopic (exact) mass is 363 g/mol. The number of ether oxygens (including phenoxy) is 1. The lowest BCUT2D eigenvalue weighted by molar-refractivity contribution is 0.0605. The molecule has 126 valence electrons. The first-order chi connectivity index (χ1) is 11.5. The number of carbonyl (C=O) groups is 1. The van der Waals surface area contributed by atoms with E-state index in [1.165, 1.54) is 30.2 Å². The lowest BCUT2D eigenvalue weighted by Gasteiger charge is -2.06. The van der Waals surface area contributed by atoms with Gasteiger partial charge in [-0.1, -0.05) is 0 Å². The van der Waals surface area contributed by atoms with Crippen LogP contribution in [0, 0.1) is 20.8 Å². The SMILES string of the molecule is CCn1c(C)nnc1Sc1nc(C)nc2sc(C(=O)OC)c(C)c12. The number of nitrogens with zero attached hydrogens (tertiary/aromatic N) is 5. The lowest BCUT2D eigenvalue weighted by Crippen LogP contribution is -2.01. The quantitative estimate of drug-likeness (QED) is 0.520. The number of aromatic nitrogens is 5. The Bertz CT molecular complexity index is 932. The van der Waals surface area contributed by atoms with E-state index in [-0.39, 0.29) is 5.97 Å². The summed E-state index contributed by atoms with van der Waals surface area (Å²) in [6.07, 6.45) is 0. The fraction of sp³-hybridized carbons (Fsp3) is 0.400. The van der Waals surface area contributed by atoms with E-state index < -0.39 is 0 Å². The van der Waals surface area contributed by atoms with Crippen LogP contribution in [0.1, 0.15) is 33.8 Å². The van der Waals surface area contributed by atoms with Gasteiger partial charge in [0.25, 0.3) is 0 Å². The maximum absolute atomic E-state index is 12.0. The third-order valence-corrected chi connectivity index (χ3v) is 5.78. The summed E-state index contributed by atoms with van der Waals surface area (Å²) in [7, 11) is 1.38. The number of esters is 1. The Balaban J connectivity index is 2.16. The van der Waals surface area contributed by atoms with Gasteiger partial charge < -0.3 is 9.30 Å². The molecule has 0 amide bonds. The zero-order valence-corrected chi connectivity index (χ0v) is 15.7. The summed E-state index contributed by atoms with van der Waals surface area (Å²) in [5.74, 6) is 1.16. The van der Waals surface area contributed by atoms with Gasteiger partial charge in [-0.15, -0.1) is 21.5 Å². The molecule has 0 spiro atoms. The fourth-order valence-corrected chi connectivity index (χ4v) is 4.82. The molecule has 3 heterocycles. The summed E-state index contributed by atoms with van der Waals surface area (Å²) in [6.45, 7) is 8.49. The Morgan fingerprint density at radius 2 is 2.00 bits per heavy atom. The van der Waals surface area contributed by atoms with E-state index in [2.05, 4.69) is 20.2 Å². The number of fused-ring (bicyclic) bond motifs is 1. The fourth-order valence-electron chi connectivity index (χ4n) is 2.45. The number of hydrogen-bond acceptors (Lipinski definition) is 8. The van der Waals surface area contributed by atoms with Gasteiger partial charge in [0.15, 0.2) is 5.16 Å². The molecular formula is C15H17N5O2S2. The predicted octanol–water partition coefficient (Wildman–Crippen LogP) is 3.17. The molecular weight excluding hydrogens is 346 g/mol. The molecule has 0 aliphatic rings. The van der Waals surface area contributed by atoms with Crippen LogP contribution < -0.4 is 0 Å². The number of hydrogen-bond donors (Lipinski definition) is 0. The maximum Gasteiger partial charge on any atom is 0.348 e. The topological polar surface area (TPSA) is 82.8 Å². The van der Waals surface area contributed by atoms with Crippen LogP contribution in [0.5, 0.6) is 0 Å². The molecule has 9 heteroatoms. The number of methoxy groups -OCH3 is 1. The number of rotatable bonds is 4. The molecule has 0 aromatic carbocycles. The van der Waals surface area contributed by atoms with E-state index in [1.807, 2.05) is 32.3 Å². The van der Waals surface area contributed by atoms with Crippen LogP contribution in [-0.2, 0) is 11.3 Å². The van der Waals surface area contributed by atoms with Crippen molar-refractivity contribution >= 4 is 39.3 Å². The van der Waals surface area contributed by atoms with Gasteiger partial charge in [0.1, 0.15) is 26.4 Å². The van der Waals surface area contributed by atoms with Crippen molar-refractivity contribution in [3.8, 4) is 0 Å². The van der Waals surface area contributed by atoms with Crippen LogP contribution in [0.15, 0.2) is 10.2 Å². The average molecular weight is 363 g/mol. The molecule has 0 atom stereocenters. The molecule has 0 saturated carbocycles. The van der Waals surface area contributed by atoms with Crippen molar-refractivity contribution < 1.29 is 9.53 Å². The molecule has 0 aliphatic heterocycles. The standard InChI is InChI=1S/C15H17N5O2S2/c1-6-20-9(4)18-19-15(20)24-13-10-7(2)11(14(21)22-5)23-12(10)16-8(3)17-13/h6H2,1-5H3. The van der Waals surface area contributed by atoms with Gasteiger partial charge in [-0.3, -0.25) is 0 Å². The summed E-state index contributed by atoms with van der Waals surface area (Å²) in [5.41, 5.74) is 0.837. The summed E-state index contributed by atoms with van der Waals surface area (Å²) in [4.78, 5) is 22.3. The van der Waals surface area contributed by atoms with Crippen molar-refractivity contribution in [1.29, 1.82) is 0 Å². The minimum Gasteiger partial charge on any atom is -0.465 e. The van der Waals surface area contributed by atoms with E-state index in [0.717, 1.165) is 38.3 Å². The molecule has 0 radical (unpaired) electrons. The molecule has 0 N–H and O–H groups in total. The van der Waals surface area contributed by atoms with Gasteiger partial charge in [0, 0.05) is 11.9 Å². The van der Waals surface area contributed by atoms with Crippen molar-refractivity contribution in [3.05, 3.63) is 22.1 Å². The van der Waals surface area contributed by atoms with E-state index in [0.29, 0.717) is 10.7 Å². The number of thiophene rings is 1.